The van der Waals surface area contributed by atoms with Crippen molar-refractivity contribution in [3.05, 3.63) is 35.6 Å². The van der Waals surface area contributed by atoms with E-state index in [1.54, 1.807) is 12.1 Å². The van der Waals surface area contributed by atoms with Crippen molar-refractivity contribution in [1.82, 2.24) is 4.90 Å². The second-order valence-corrected chi connectivity index (χ2v) is 5.29. The number of ketones is 1. The largest absolute Gasteiger partial charge is 0.293 e. The number of halogens is 1. The molecule has 0 atom stereocenters. The standard InChI is InChI=1S/C16H22FNO/c1-2-18(15-9-4-3-5-10-15)12-16(19)13-7-6-8-14(17)11-13/h6-8,11,15H,2-5,9-10,12H2,1H3. The van der Waals surface area contributed by atoms with E-state index in [9.17, 15) is 9.18 Å². The maximum atomic E-state index is 13.1. The second-order valence-electron chi connectivity index (χ2n) is 5.29. The van der Waals surface area contributed by atoms with Crippen LogP contribution in [0.4, 0.5) is 4.39 Å². The fourth-order valence-corrected chi connectivity index (χ4v) is 2.88. The van der Waals surface area contributed by atoms with Gasteiger partial charge in [-0.1, -0.05) is 38.3 Å². The van der Waals surface area contributed by atoms with E-state index < -0.39 is 0 Å². The summed E-state index contributed by atoms with van der Waals surface area (Å²) in [7, 11) is 0. The highest BCUT2D eigenvalue weighted by Crippen LogP contribution is 2.22. The summed E-state index contributed by atoms with van der Waals surface area (Å²) in [5.41, 5.74) is 0.481. The Labute approximate surface area is 114 Å². The average Bonchev–Trinajstić information content (AvgIpc) is 2.45. The van der Waals surface area contributed by atoms with E-state index in [1.807, 2.05) is 0 Å². The first-order valence-corrected chi connectivity index (χ1v) is 7.23. The van der Waals surface area contributed by atoms with Gasteiger partial charge in [0.1, 0.15) is 5.82 Å². The first-order valence-electron chi connectivity index (χ1n) is 7.23. The molecule has 2 nitrogen and oxygen atoms in total. The van der Waals surface area contributed by atoms with Gasteiger partial charge in [-0.25, -0.2) is 4.39 Å². The van der Waals surface area contributed by atoms with E-state index in [-0.39, 0.29) is 11.6 Å². The maximum Gasteiger partial charge on any atom is 0.176 e. The van der Waals surface area contributed by atoms with E-state index in [1.165, 1.54) is 44.2 Å². The molecule has 0 heterocycles. The van der Waals surface area contributed by atoms with Gasteiger partial charge in [0.15, 0.2) is 5.78 Å². The lowest BCUT2D eigenvalue weighted by Gasteiger charge is -2.32. The molecule has 0 aromatic heterocycles. The molecular formula is C16H22FNO. The highest BCUT2D eigenvalue weighted by molar-refractivity contribution is 5.97. The minimum Gasteiger partial charge on any atom is -0.293 e. The van der Waals surface area contributed by atoms with Gasteiger partial charge in [0.2, 0.25) is 0 Å². The molecule has 0 bridgehead atoms. The first kappa shape index (κ1) is 14.2. The van der Waals surface area contributed by atoms with Gasteiger partial charge in [-0.15, -0.1) is 0 Å². The third-order valence-corrected chi connectivity index (χ3v) is 3.99. The minimum absolute atomic E-state index is 0.0203. The van der Waals surface area contributed by atoms with Crippen LogP contribution in [0.15, 0.2) is 24.3 Å². The van der Waals surface area contributed by atoms with Gasteiger partial charge in [0, 0.05) is 11.6 Å². The Morgan fingerprint density at radius 1 is 1.32 bits per heavy atom. The van der Waals surface area contributed by atoms with Crippen molar-refractivity contribution in [2.75, 3.05) is 13.1 Å². The maximum absolute atomic E-state index is 13.1. The molecule has 104 valence electrons. The van der Waals surface area contributed by atoms with Crippen molar-refractivity contribution in [3.8, 4) is 0 Å². The van der Waals surface area contributed by atoms with Crippen LogP contribution in [0.1, 0.15) is 49.4 Å². The molecule has 1 aromatic rings. The first-order chi connectivity index (χ1) is 9.20. The van der Waals surface area contributed by atoms with Crippen molar-refractivity contribution in [3.63, 3.8) is 0 Å². The van der Waals surface area contributed by atoms with Crippen LogP contribution in [0.3, 0.4) is 0 Å². The molecule has 0 radical (unpaired) electrons. The van der Waals surface area contributed by atoms with Crippen molar-refractivity contribution < 1.29 is 9.18 Å². The molecule has 0 N–H and O–H groups in total. The van der Waals surface area contributed by atoms with Crippen LogP contribution in [0.2, 0.25) is 0 Å². The Hall–Kier alpha value is -1.22. The SMILES string of the molecule is CCN(CC(=O)c1cccc(F)c1)C1CCCCC1. The lowest BCUT2D eigenvalue weighted by Crippen LogP contribution is -2.40. The number of hydrogen-bond donors (Lipinski definition) is 0. The van der Waals surface area contributed by atoms with Gasteiger partial charge in [-0.3, -0.25) is 9.69 Å². The lowest BCUT2D eigenvalue weighted by molar-refractivity contribution is 0.0868. The Kier molecular flexibility index (Phi) is 5.08. The van der Waals surface area contributed by atoms with Gasteiger partial charge < -0.3 is 0 Å². The molecule has 1 aliphatic rings. The second kappa shape index (κ2) is 6.80. The lowest BCUT2D eigenvalue weighted by atomic mass is 9.94. The van der Waals surface area contributed by atoms with Crippen LogP contribution in [-0.2, 0) is 0 Å². The van der Waals surface area contributed by atoms with Crippen LogP contribution in [0.5, 0.6) is 0 Å². The van der Waals surface area contributed by atoms with Crippen LogP contribution < -0.4 is 0 Å². The summed E-state index contributed by atoms with van der Waals surface area (Å²) < 4.78 is 13.1. The molecule has 0 aliphatic heterocycles. The topological polar surface area (TPSA) is 20.3 Å². The molecule has 19 heavy (non-hydrogen) atoms. The fraction of sp³-hybridized carbons (Fsp3) is 0.562. The highest BCUT2D eigenvalue weighted by atomic mass is 19.1. The summed E-state index contributed by atoms with van der Waals surface area (Å²) in [6, 6.07) is 6.52. The molecule has 3 heteroatoms. The van der Waals surface area contributed by atoms with Crippen molar-refractivity contribution in [2.24, 2.45) is 0 Å². The summed E-state index contributed by atoms with van der Waals surface area (Å²) in [5.74, 6) is -0.321. The van der Waals surface area contributed by atoms with Crippen molar-refractivity contribution in [1.29, 1.82) is 0 Å². The zero-order valence-corrected chi connectivity index (χ0v) is 11.6. The number of benzene rings is 1. The van der Waals surface area contributed by atoms with Crippen LogP contribution in [0.25, 0.3) is 0 Å². The van der Waals surface area contributed by atoms with E-state index >= 15 is 0 Å². The summed E-state index contributed by atoms with van der Waals surface area (Å²) in [6.07, 6.45) is 6.20. The van der Waals surface area contributed by atoms with Gasteiger partial charge >= 0.3 is 0 Å². The van der Waals surface area contributed by atoms with Crippen LogP contribution in [-0.4, -0.2) is 29.8 Å². The van der Waals surface area contributed by atoms with Crippen LogP contribution in [0, 0.1) is 5.82 Å². The molecule has 1 aromatic carbocycles. The van der Waals surface area contributed by atoms with Gasteiger partial charge in [0.25, 0.3) is 0 Å². The fourth-order valence-electron chi connectivity index (χ4n) is 2.88. The highest BCUT2D eigenvalue weighted by Gasteiger charge is 2.22. The summed E-state index contributed by atoms with van der Waals surface area (Å²) in [4.78, 5) is 14.4. The Morgan fingerprint density at radius 3 is 2.68 bits per heavy atom. The predicted molar refractivity (Wildman–Crippen MR) is 74.9 cm³/mol. The van der Waals surface area contributed by atoms with E-state index in [4.69, 9.17) is 0 Å². The number of carbonyl (C=O) groups excluding carboxylic acids is 1. The number of carbonyl (C=O) groups is 1. The number of hydrogen-bond acceptors (Lipinski definition) is 2. The quantitative estimate of drug-likeness (QED) is 0.756. The summed E-state index contributed by atoms with van der Waals surface area (Å²) >= 11 is 0. The Bertz CT molecular complexity index is 427. The van der Waals surface area contributed by atoms with Crippen LogP contribution >= 0.6 is 0 Å². The van der Waals surface area contributed by atoms with Gasteiger partial charge in [-0.2, -0.15) is 0 Å². The average molecular weight is 263 g/mol. The Balaban J connectivity index is 1.99. The third-order valence-electron chi connectivity index (χ3n) is 3.99. The monoisotopic (exact) mass is 263 g/mol. The Morgan fingerprint density at radius 2 is 2.05 bits per heavy atom. The van der Waals surface area contributed by atoms with Crippen molar-refractivity contribution in [2.45, 2.75) is 45.1 Å². The number of likely N-dealkylation sites (N-methyl/N-ethyl adjacent to an activating group) is 1. The molecule has 1 aliphatic carbocycles. The zero-order chi connectivity index (χ0) is 13.7. The van der Waals surface area contributed by atoms with E-state index in [2.05, 4.69) is 11.8 Å². The van der Waals surface area contributed by atoms with Crippen molar-refractivity contribution >= 4 is 5.78 Å². The normalized spacial score (nSPS) is 16.8. The zero-order valence-electron chi connectivity index (χ0n) is 11.6. The third kappa shape index (κ3) is 3.87. The summed E-state index contributed by atoms with van der Waals surface area (Å²) in [6.45, 7) is 3.38. The number of rotatable bonds is 5. The minimum atomic E-state index is -0.341. The molecule has 1 fully saturated rings. The molecule has 0 saturated heterocycles. The van der Waals surface area contributed by atoms with E-state index in [0.29, 0.717) is 18.2 Å². The molecule has 0 unspecified atom stereocenters. The van der Waals surface area contributed by atoms with Gasteiger partial charge in [0.05, 0.1) is 6.54 Å². The molecule has 1 saturated carbocycles. The summed E-state index contributed by atoms with van der Waals surface area (Å²) in [5, 5.41) is 0. The molecular weight excluding hydrogens is 241 g/mol. The predicted octanol–water partition coefficient (Wildman–Crippen LogP) is 3.66. The van der Waals surface area contributed by atoms with E-state index in [0.717, 1.165) is 6.54 Å². The molecule has 2 rings (SSSR count). The smallest absolute Gasteiger partial charge is 0.176 e. The number of nitrogens with zero attached hydrogens (tertiary/aromatic N) is 1. The van der Waals surface area contributed by atoms with Gasteiger partial charge in [-0.05, 0) is 31.5 Å². The number of Topliss-reactive ketones (excluding diaryl/α,β-unsaturated/α-hetero) is 1. The molecule has 0 spiro atoms. The molecule has 0 amide bonds.